The van der Waals surface area contributed by atoms with Crippen LogP contribution in [-0.2, 0) is 0 Å². The van der Waals surface area contributed by atoms with Crippen molar-refractivity contribution in [3.63, 3.8) is 0 Å². The molecule has 1 unspecified atom stereocenters. The lowest BCUT2D eigenvalue weighted by Crippen LogP contribution is -2.19. The van der Waals surface area contributed by atoms with Crippen molar-refractivity contribution in [2.75, 3.05) is 13.1 Å². The number of aliphatic imine (C=N–C) groups is 2. The van der Waals surface area contributed by atoms with Crippen LogP contribution in [0.3, 0.4) is 0 Å². The van der Waals surface area contributed by atoms with Crippen molar-refractivity contribution in [1.82, 2.24) is 0 Å². The van der Waals surface area contributed by atoms with E-state index in [9.17, 15) is 0 Å². The number of hydrogen-bond donors (Lipinski definition) is 0. The maximum atomic E-state index is 4.57. The third kappa shape index (κ3) is 6.76. The van der Waals surface area contributed by atoms with Crippen molar-refractivity contribution in [3.05, 3.63) is 0 Å². The molecule has 0 aromatic rings. The van der Waals surface area contributed by atoms with Crippen LogP contribution in [0.15, 0.2) is 9.98 Å². The number of nitrogens with zero attached hydrogens (tertiary/aromatic N) is 2. The molecule has 2 nitrogen and oxygen atoms in total. The van der Waals surface area contributed by atoms with Crippen LogP contribution < -0.4 is 0 Å². The van der Waals surface area contributed by atoms with Gasteiger partial charge in [0.15, 0.2) is 0 Å². The third-order valence-electron chi connectivity index (χ3n) is 2.98. The highest BCUT2D eigenvalue weighted by Gasteiger charge is 2.19. The Balaban J connectivity index is 4.27. The second kappa shape index (κ2) is 8.49. The van der Waals surface area contributed by atoms with Crippen molar-refractivity contribution in [3.8, 4) is 0 Å². The largest absolute Gasteiger partial charge is 0.297 e. The average Bonchev–Trinajstić information content (AvgIpc) is 2.26. The molecule has 16 heavy (non-hydrogen) atoms. The molecule has 0 saturated heterocycles. The van der Waals surface area contributed by atoms with Gasteiger partial charge in [-0.05, 0) is 33.1 Å². The van der Waals surface area contributed by atoms with Gasteiger partial charge in [-0.25, -0.2) is 0 Å². The Kier molecular flexibility index (Phi) is 8.14. The van der Waals surface area contributed by atoms with Gasteiger partial charge in [0.25, 0.3) is 0 Å². The van der Waals surface area contributed by atoms with Crippen LogP contribution in [0.25, 0.3) is 0 Å². The summed E-state index contributed by atoms with van der Waals surface area (Å²) >= 11 is 0. The van der Waals surface area contributed by atoms with Crippen molar-refractivity contribution in [2.24, 2.45) is 15.4 Å². The van der Waals surface area contributed by atoms with E-state index in [0.717, 1.165) is 25.9 Å². The minimum atomic E-state index is 0.238. The quantitative estimate of drug-likeness (QED) is 0.553. The lowest BCUT2D eigenvalue weighted by atomic mass is 9.83. The molecule has 0 aliphatic heterocycles. The highest BCUT2D eigenvalue weighted by Crippen LogP contribution is 2.25. The average molecular weight is 224 g/mol. The Hall–Kier alpha value is -0.660. The summed E-state index contributed by atoms with van der Waals surface area (Å²) in [5, 5.41) is 0. The van der Waals surface area contributed by atoms with Crippen LogP contribution in [0.5, 0.6) is 0 Å². The first-order valence-electron chi connectivity index (χ1n) is 6.58. The fraction of sp³-hybridized carbons (Fsp3) is 0.857. The van der Waals surface area contributed by atoms with Gasteiger partial charge >= 0.3 is 0 Å². The van der Waals surface area contributed by atoms with Crippen molar-refractivity contribution in [1.29, 1.82) is 0 Å². The monoisotopic (exact) mass is 224 g/mol. The summed E-state index contributed by atoms with van der Waals surface area (Å²) in [7, 11) is 0. The molecule has 0 fully saturated rings. The van der Waals surface area contributed by atoms with Crippen LogP contribution in [0.4, 0.5) is 0 Å². The van der Waals surface area contributed by atoms with Gasteiger partial charge in [-0.1, -0.05) is 27.2 Å². The lowest BCUT2D eigenvalue weighted by Gasteiger charge is -2.23. The van der Waals surface area contributed by atoms with Gasteiger partial charge in [0, 0.05) is 30.4 Å². The van der Waals surface area contributed by atoms with Crippen molar-refractivity contribution < 1.29 is 0 Å². The second-order valence-electron chi connectivity index (χ2n) is 4.75. The van der Waals surface area contributed by atoms with Crippen LogP contribution in [0.1, 0.15) is 60.3 Å². The molecular formula is C14H28N2. The highest BCUT2D eigenvalue weighted by atomic mass is 14.7. The maximum Gasteiger partial charge on any atom is 0.0397 e. The van der Waals surface area contributed by atoms with Gasteiger partial charge in [0.1, 0.15) is 0 Å². The molecule has 0 aliphatic rings. The van der Waals surface area contributed by atoms with Gasteiger partial charge in [-0.2, -0.15) is 0 Å². The van der Waals surface area contributed by atoms with Gasteiger partial charge in [0.05, 0.1) is 0 Å². The van der Waals surface area contributed by atoms with E-state index >= 15 is 0 Å². The van der Waals surface area contributed by atoms with Crippen LogP contribution in [0, 0.1) is 5.41 Å². The van der Waals surface area contributed by atoms with Gasteiger partial charge in [-0.3, -0.25) is 9.98 Å². The van der Waals surface area contributed by atoms with Gasteiger partial charge in [0.2, 0.25) is 0 Å². The van der Waals surface area contributed by atoms with E-state index in [0.29, 0.717) is 0 Å². The summed E-state index contributed by atoms with van der Waals surface area (Å²) in [5.41, 5.74) is 1.49. The molecule has 0 amide bonds. The normalized spacial score (nSPS) is 16.7. The summed E-state index contributed by atoms with van der Waals surface area (Å²) in [6.07, 6.45) is 6.74. The first-order chi connectivity index (χ1) is 7.58. The molecule has 0 N–H and O–H groups in total. The fourth-order valence-corrected chi connectivity index (χ4v) is 1.75. The molecule has 0 aromatic heterocycles. The molecule has 94 valence electrons. The minimum Gasteiger partial charge on any atom is -0.297 e. The molecule has 0 spiro atoms. The summed E-state index contributed by atoms with van der Waals surface area (Å²) in [5.74, 6) is 0. The minimum absolute atomic E-state index is 0.238. The topological polar surface area (TPSA) is 24.7 Å². The maximum absolute atomic E-state index is 4.57. The van der Waals surface area contributed by atoms with E-state index in [1.807, 2.05) is 0 Å². The zero-order valence-electron chi connectivity index (χ0n) is 11.7. The third-order valence-corrected chi connectivity index (χ3v) is 2.98. The zero-order chi connectivity index (χ0) is 12.4. The van der Waals surface area contributed by atoms with E-state index in [4.69, 9.17) is 0 Å². The Morgan fingerprint density at radius 1 is 1.19 bits per heavy atom. The summed E-state index contributed by atoms with van der Waals surface area (Å²) in [4.78, 5) is 8.98. The van der Waals surface area contributed by atoms with Crippen molar-refractivity contribution in [2.45, 2.75) is 60.3 Å². The SMILES string of the molecule is CCCC(C)(C=NCC)CCN=C(C)CC. The summed E-state index contributed by atoms with van der Waals surface area (Å²) in [6, 6.07) is 0. The molecule has 0 rings (SSSR count). The van der Waals surface area contributed by atoms with Gasteiger partial charge < -0.3 is 0 Å². The smallest absolute Gasteiger partial charge is 0.0397 e. The summed E-state index contributed by atoms with van der Waals surface area (Å²) in [6.45, 7) is 12.7. The van der Waals surface area contributed by atoms with Crippen molar-refractivity contribution >= 4 is 11.9 Å². The Labute approximate surface area is 101 Å². The molecule has 0 aromatic carbocycles. The first kappa shape index (κ1) is 15.3. The van der Waals surface area contributed by atoms with E-state index in [1.54, 1.807) is 0 Å². The molecule has 1 atom stereocenters. The van der Waals surface area contributed by atoms with Crippen LogP contribution in [-0.4, -0.2) is 25.0 Å². The van der Waals surface area contributed by atoms with E-state index < -0.39 is 0 Å². The van der Waals surface area contributed by atoms with E-state index in [-0.39, 0.29) is 5.41 Å². The molecule has 0 radical (unpaired) electrons. The van der Waals surface area contributed by atoms with Crippen LogP contribution >= 0.6 is 0 Å². The molecule has 0 aliphatic carbocycles. The first-order valence-corrected chi connectivity index (χ1v) is 6.58. The van der Waals surface area contributed by atoms with E-state index in [1.165, 1.54) is 18.6 Å². The number of hydrogen-bond acceptors (Lipinski definition) is 2. The molecule has 0 saturated carbocycles. The highest BCUT2D eigenvalue weighted by molar-refractivity contribution is 5.81. The fourth-order valence-electron chi connectivity index (χ4n) is 1.75. The number of rotatable bonds is 8. The second-order valence-corrected chi connectivity index (χ2v) is 4.75. The Morgan fingerprint density at radius 3 is 2.38 bits per heavy atom. The van der Waals surface area contributed by atoms with Gasteiger partial charge in [-0.15, -0.1) is 0 Å². The lowest BCUT2D eigenvalue weighted by molar-refractivity contribution is 0.405. The van der Waals surface area contributed by atoms with Crippen LogP contribution in [0.2, 0.25) is 0 Å². The molecule has 2 heteroatoms. The molecule has 0 bridgehead atoms. The van der Waals surface area contributed by atoms with E-state index in [2.05, 4.69) is 50.8 Å². The molecule has 0 heterocycles. The Bertz CT molecular complexity index is 231. The Morgan fingerprint density at radius 2 is 1.88 bits per heavy atom. The molecular weight excluding hydrogens is 196 g/mol. The summed E-state index contributed by atoms with van der Waals surface area (Å²) < 4.78 is 0. The zero-order valence-corrected chi connectivity index (χ0v) is 11.7. The predicted octanol–water partition coefficient (Wildman–Crippen LogP) is 4.14. The predicted molar refractivity (Wildman–Crippen MR) is 74.9 cm³/mol. The standard InChI is InChI=1S/C14H28N2/c1-6-9-14(5,12-15-8-3)10-11-16-13(4)7-2/h12H,6-11H2,1-5H3.